The molecule has 3 aromatic heterocycles. The van der Waals surface area contributed by atoms with E-state index in [0.717, 1.165) is 43.0 Å². The Morgan fingerprint density at radius 1 is 1.07 bits per heavy atom. The summed E-state index contributed by atoms with van der Waals surface area (Å²) >= 11 is 0. The van der Waals surface area contributed by atoms with Crippen LogP contribution in [0.5, 0.6) is 11.9 Å². The van der Waals surface area contributed by atoms with E-state index in [1.54, 1.807) is 24.0 Å². The summed E-state index contributed by atoms with van der Waals surface area (Å²) in [7, 11) is 3.11. The molecule has 1 aliphatic rings. The fourth-order valence-corrected chi connectivity index (χ4v) is 3.40. The summed E-state index contributed by atoms with van der Waals surface area (Å²) in [6.07, 6.45) is 7.59. The highest BCUT2D eigenvalue weighted by Crippen LogP contribution is 2.36. The Hall–Kier alpha value is -2.90. The molecule has 8 heteroatoms. The maximum absolute atomic E-state index is 5.44. The highest BCUT2D eigenvalue weighted by Gasteiger charge is 2.27. The molecule has 1 aliphatic heterocycles. The Kier molecular flexibility index (Phi) is 4.33. The zero-order valence-corrected chi connectivity index (χ0v) is 16.1. The second kappa shape index (κ2) is 6.68. The third-order valence-corrected chi connectivity index (χ3v) is 5.18. The van der Waals surface area contributed by atoms with Crippen LogP contribution in [0, 0.1) is 5.41 Å². The monoisotopic (exact) mass is 368 g/mol. The van der Waals surface area contributed by atoms with Crippen LogP contribution in [0.3, 0.4) is 0 Å². The number of aromatic nitrogens is 5. The largest absolute Gasteiger partial charge is 0.480 e. The van der Waals surface area contributed by atoms with Gasteiger partial charge in [0.15, 0.2) is 5.65 Å². The number of nitrogens with zero attached hydrogens (tertiary/aromatic N) is 6. The molecule has 0 amide bonds. The van der Waals surface area contributed by atoms with Crippen molar-refractivity contribution >= 4 is 11.3 Å². The first-order valence-electron chi connectivity index (χ1n) is 9.05. The molecule has 0 spiro atoms. The molecule has 142 valence electrons. The van der Waals surface area contributed by atoms with E-state index in [9.17, 15) is 0 Å². The van der Waals surface area contributed by atoms with Crippen molar-refractivity contribution in [1.82, 2.24) is 24.6 Å². The van der Waals surface area contributed by atoms with Gasteiger partial charge in [0, 0.05) is 31.7 Å². The number of hydrogen-bond acceptors (Lipinski definition) is 7. The van der Waals surface area contributed by atoms with Gasteiger partial charge >= 0.3 is 6.01 Å². The van der Waals surface area contributed by atoms with Gasteiger partial charge < -0.3 is 14.4 Å². The first-order valence-corrected chi connectivity index (χ1v) is 9.05. The van der Waals surface area contributed by atoms with Gasteiger partial charge in [0.2, 0.25) is 5.88 Å². The van der Waals surface area contributed by atoms with Gasteiger partial charge in [-0.05, 0) is 24.3 Å². The summed E-state index contributed by atoms with van der Waals surface area (Å²) in [5, 5.41) is 4.68. The molecule has 0 unspecified atom stereocenters. The number of imidazole rings is 1. The topological polar surface area (TPSA) is 77.7 Å². The van der Waals surface area contributed by atoms with Gasteiger partial charge in [-0.1, -0.05) is 13.8 Å². The van der Waals surface area contributed by atoms with Gasteiger partial charge in [0.25, 0.3) is 0 Å². The lowest BCUT2D eigenvalue weighted by molar-refractivity contribution is 0.280. The maximum atomic E-state index is 5.44. The SMILES string of the molecule is COc1ncc(-c2cc(N3CCC(C)(C)CC3)c3nccn3n2)c(OC)n1. The van der Waals surface area contributed by atoms with E-state index in [2.05, 4.69) is 38.8 Å². The zero-order chi connectivity index (χ0) is 19.0. The van der Waals surface area contributed by atoms with Crippen molar-refractivity contribution in [3.05, 3.63) is 24.7 Å². The average Bonchev–Trinajstić information content (AvgIpc) is 3.15. The quantitative estimate of drug-likeness (QED) is 0.701. The summed E-state index contributed by atoms with van der Waals surface area (Å²) in [4.78, 5) is 15.4. The van der Waals surface area contributed by atoms with Crippen molar-refractivity contribution in [2.24, 2.45) is 5.41 Å². The van der Waals surface area contributed by atoms with Crippen LogP contribution >= 0.6 is 0 Å². The minimum atomic E-state index is 0.262. The lowest BCUT2D eigenvalue weighted by atomic mass is 9.82. The van der Waals surface area contributed by atoms with Crippen molar-refractivity contribution in [3.8, 4) is 23.1 Å². The van der Waals surface area contributed by atoms with Crippen molar-refractivity contribution in [2.75, 3.05) is 32.2 Å². The van der Waals surface area contributed by atoms with Crippen LogP contribution in [-0.2, 0) is 0 Å². The van der Waals surface area contributed by atoms with E-state index in [1.807, 2.05) is 12.3 Å². The molecule has 1 saturated heterocycles. The highest BCUT2D eigenvalue weighted by atomic mass is 16.5. The predicted molar refractivity (Wildman–Crippen MR) is 102 cm³/mol. The third-order valence-electron chi connectivity index (χ3n) is 5.18. The van der Waals surface area contributed by atoms with Gasteiger partial charge in [-0.3, -0.25) is 0 Å². The van der Waals surface area contributed by atoms with E-state index in [4.69, 9.17) is 9.47 Å². The van der Waals surface area contributed by atoms with E-state index in [0.29, 0.717) is 16.9 Å². The summed E-state index contributed by atoms with van der Waals surface area (Å²) in [6, 6.07) is 2.31. The molecule has 0 aliphatic carbocycles. The number of fused-ring (bicyclic) bond motifs is 1. The number of methoxy groups -OCH3 is 2. The molecular formula is C19H24N6O2. The normalized spacial score (nSPS) is 16.5. The van der Waals surface area contributed by atoms with Crippen LogP contribution in [0.1, 0.15) is 26.7 Å². The molecule has 0 saturated carbocycles. The Morgan fingerprint density at radius 3 is 2.56 bits per heavy atom. The van der Waals surface area contributed by atoms with Gasteiger partial charge in [-0.15, -0.1) is 0 Å². The molecule has 0 atom stereocenters. The fraction of sp³-hybridized carbons (Fsp3) is 0.474. The van der Waals surface area contributed by atoms with Crippen LogP contribution < -0.4 is 14.4 Å². The number of piperidine rings is 1. The minimum Gasteiger partial charge on any atom is -0.480 e. The maximum Gasteiger partial charge on any atom is 0.319 e. The zero-order valence-electron chi connectivity index (χ0n) is 16.1. The second-order valence-corrected chi connectivity index (χ2v) is 7.54. The van der Waals surface area contributed by atoms with E-state index in [-0.39, 0.29) is 6.01 Å². The standard InChI is InChI=1S/C19H24N6O2/c1-19(2)5-8-24(9-6-19)15-11-14(23-25-10-7-20-16(15)25)13-12-21-18(27-4)22-17(13)26-3/h7,10-12H,5-6,8-9H2,1-4H3. The van der Waals surface area contributed by atoms with Gasteiger partial charge in [-0.2, -0.15) is 10.1 Å². The molecule has 0 radical (unpaired) electrons. The van der Waals surface area contributed by atoms with Crippen LogP contribution in [0.15, 0.2) is 24.7 Å². The molecule has 4 heterocycles. The Bertz CT molecular complexity index is 958. The molecule has 0 aromatic carbocycles. The van der Waals surface area contributed by atoms with Crippen LogP contribution in [-0.4, -0.2) is 51.9 Å². The van der Waals surface area contributed by atoms with Crippen LogP contribution in [0.2, 0.25) is 0 Å². The molecule has 4 rings (SSSR count). The fourth-order valence-electron chi connectivity index (χ4n) is 3.40. The third kappa shape index (κ3) is 3.27. The average molecular weight is 368 g/mol. The van der Waals surface area contributed by atoms with Crippen molar-refractivity contribution in [1.29, 1.82) is 0 Å². The van der Waals surface area contributed by atoms with Gasteiger partial charge in [-0.25, -0.2) is 14.5 Å². The molecule has 1 fully saturated rings. The Morgan fingerprint density at radius 2 is 1.85 bits per heavy atom. The first kappa shape index (κ1) is 17.5. The van der Waals surface area contributed by atoms with Gasteiger partial charge in [0.1, 0.15) is 5.69 Å². The molecule has 3 aromatic rings. The van der Waals surface area contributed by atoms with Crippen molar-refractivity contribution in [3.63, 3.8) is 0 Å². The van der Waals surface area contributed by atoms with Crippen LogP contribution in [0.4, 0.5) is 5.69 Å². The Balaban J connectivity index is 1.80. The summed E-state index contributed by atoms with van der Waals surface area (Å²) in [5.74, 6) is 0.430. The van der Waals surface area contributed by atoms with Crippen molar-refractivity contribution in [2.45, 2.75) is 26.7 Å². The molecular weight excluding hydrogens is 344 g/mol. The van der Waals surface area contributed by atoms with E-state index < -0.39 is 0 Å². The van der Waals surface area contributed by atoms with E-state index >= 15 is 0 Å². The highest BCUT2D eigenvalue weighted by molar-refractivity contribution is 5.76. The van der Waals surface area contributed by atoms with Gasteiger partial charge in [0.05, 0.1) is 25.5 Å². The Labute approximate surface area is 158 Å². The number of ether oxygens (including phenoxy) is 2. The number of hydrogen-bond donors (Lipinski definition) is 0. The smallest absolute Gasteiger partial charge is 0.319 e. The number of anilines is 1. The van der Waals surface area contributed by atoms with Crippen LogP contribution in [0.25, 0.3) is 16.9 Å². The first-order chi connectivity index (χ1) is 13.0. The summed E-state index contributed by atoms with van der Waals surface area (Å²) < 4.78 is 12.3. The number of rotatable bonds is 4. The van der Waals surface area contributed by atoms with E-state index in [1.165, 1.54) is 7.11 Å². The second-order valence-electron chi connectivity index (χ2n) is 7.54. The summed E-state index contributed by atoms with van der Waals surface area (Å²) in [6.45, 7) is 6.64. The lowest BCUT2D eigenvalue weighted by Crippen LogP contribution is -2.37. The molecule has 0 bridgehead atoms. The molecule has 0 N–H and O–H groups in total. The minimum absolute atomic E-state index is 0.262. The lowest BCUT2D eigenvalue weighted by Gasteiger charge is -2.38. The molecule has 27 heavy (non-hydrogen) atoms. The summed E-state index contributed by atoms with van der Waals surface area (Å²) in [5.41, 5.74) is 3.75. The predicted octanol–water partition coefficient (Wildman–Crippen LogP) is 2.83. The van der Waals surface area contributed by atoms with Crippen molar-refractivity contribution < 1.29 is 9.47 Å². The molecule has 8 nitrogen and oxygen atoms in total.